The van der Waals surface area contributed by atoms with Gasteiger partial charge >= 0.3 is 4.34 Å². The van der Waals surface area contributed by atoms with E-state index in [2.05, 4.69) is 15.5 Å². The first-order valence-electron chi connectivity index (χ1n) is 4.56. The quantitative estimate of drug-likeness (QED) is 0.798. The average molecular weight is 247 g/mol. The zero-order valence-electron chi connectivity index (χ0n) is 8.81. The molecule has 2 atom stereocenters. The predicted octanol–water partition coefficient (Wildman–Crippen LogP) is 0.804. The minimum atomic E-state index is -1.16. The van der Waals surface area contributed by atoms with Crippen LogP contribution < -0.4 is 5.32 Å². The summed E-state index contributed by atoms with van der Waals surface area (Å²) in [7, 11) is 1.52. The molecule has 5 nitrogen and oxygen atoms in total. The number of hydrogen-bond acceptors (Lipinski definition) is 5. The second-order valence-corrected chi connectivity index (χ2v) is 5.99. The van der Waals surface area contributed by atoms with Crippen molar-refractivity contribution in [2.75, 3.05) is 7.05 Å². The number of aromatic nitrogens is 2. The molecule has 0 spiro atoms. The third-order valence-corrected chi connectivity index (χ3v) is 4.89. The summed E-state index contributed by atoms with van der Waals surface area (Å²) >= 11 is -0.0780. The van der Waals surface area contributed by atoms with Crippen molar-refractivity contribution in [2.45, 2.75) is 29.9 Å². The summed E-state index contributed by atoms with van der Waals surface area (Å²) in [6.07, 6.45) is 0.807. The molecule has 15 heavy (non-hydrogen) atoms. The molecule has 0 fully saturated rings. The number of rotatable bonds is 4. The second-order valence-electron chi connectivity index (χ2n) is 2.97. The summed E-state index contributed by atoms with van der Waals surface area (Å²) in [5.74, 6) is -0.292. The fourth-order valence-electron chi connectivity index (χ4n) is 0.813. The van der Waals surface area contributed by atoms with Crippen molar-refractivity contribution in [3.8, 4) is 0 Å². The van der Waals surface area contributed by atoms with Gasteiger partial charge in [-0.1, -0.05) is 12.0 Å². The van der Waals surface area contributed by atoms with Crippen LogP contribution in [0.25, 0.3) is 0 Å². The highest BCUT2D eigenvalue weighted by atomic mass is 32.2. The minimum absolute atomic E-state index is 0.0375. The minimum Gasteiger partial charge on any atom is -0.609 e. The third kappa shape index (κ3) is 2.90. The summed E-state index contributed by atoms with van der Waals surface area (Å²) in [6.45, 7) is 3.85. The van der Waals surface area contributed by atoms with Crippen molar-refractivity contribution in [3.63, 3.8) is 0 Å². The van der Waals surface area contributed by atoms with E-state index in [1.807, 2.05) is 13.8 Å². The Morgan fingerprint density at radius 1 is 1.67 bits per heavy atom. The molecule has 0 saturated heterocycles. The first kappa shape index (κ1) is 12.4. The standard InChI is InChI=1S/C8H13N3O2S2/c1-4-5(2)15(13)8-11-10-7(14-8)6(12)9-3/h5H,4H2,1-3H3,(H,9,12). The summed E-state index contributed by atoms with van der Waals surface area (Å²) in [5, 5.41) is 10.2. The van der Waals surface area contributed by atoms with Crippen LogP contribution in [0, 0.1) is 0 Å². The molecule has 1 heterocycles. The Labute approximate surface area is 95.5 Å². The van der Waals surface area contributed by atoms with Crippen LogP contribution >= 0.6 is 11.3 Å². The van der Waals surface area contributed by atoms with Crippen molar-refractivity contribution in [1.82, 2.24) is 15.5 Å². The Hall–Kier alpha value is -0.660. The predicted molar refractivity (Wildman–Crippen MR) is 59.5 cm³/mol. The van der Waals surface area contributed by atoms with Crippen molar-refractivity contribution in [3.05, 3.63) is 5.01 Å². The van der Waals surface area contributed by atoms with E-state index in [0.29, 0.717) is 4.34 Å². The Balaban J connectivity index is 2.79. The van der Waals surface area contributed by atoms with E-state index in [0.717, 1.165) is 17.8 Å². The molecule has 1 aromatic heterocycles. The van der Waals surface area contributed by atoms with E-state index in [-0.39, 0.29) is 16.2 Å². The maximum atomic E-state index is 11.8. The first-order valence-corrected chi connectivity index (χ1v) is 6.59. The average Bonchev–Trinajstić information content (AvgIpc) is 2.75. The SMILES string of the molecule is CCC(C)[S+]([O-])c1nnc(C(=O)NC)s1. The lowest BCUT2D eigenvalue weighted by Crippen LogP contribution is -2.17. The summed E-state index contributed by atoms with van der Waals surface area (Å²) in [5.41, 5.74) is 0. The van der Waals surface area contributed by atoms with Crippen molar-refractivity contribution >= 4 is 28.4 Å². The number of nitrogens with one attached hydrogen (secondary N) is 1. The summed E-state index contributed by atoms with van der Waals surface area (Å²) < 4.78 is 12.2. The van der Waals surface area contributed by atoms with Crippen LogP contribution in [0.15, 0.2) is 4.34 Å². The summed E-state index contributed by atoms with van der Waals surface area (Å²) in [6, 6.07) is 0. The monoisotopic (exact) mass is 247 g/mol. The lowest BCUT2D eigenvalue weighted by atomic mass is 10.4. The Morgan fingerprint density at radius 3 is 2.87 bits per heavy atom. The van der Waals surface area contributed by atoms with Crippen LogP contribution in [0.4, 0.5) is 0 Å². The van der Waals surface area contributed by atoms with Crippen LogP contribution in [0.2, 0.25) is 0 Å². The molecule has 0 radical (unpaired) electrons. The smallest absolute Gasteiger partial charge is 0.322 e. The van der Waals surface area contributed by atoms with Gasteiger partial charge in [0.1, 0.15) is 5.25 Å². The van der Waals surface area contributed by atoms with E-state index < -0.39 is 11.2 Å². The van der Waals surface area contributed by atoms with Crippen LogP contribution in [0.1, 0.15) is 30.1 Å². The maximum absolute atomic E-state index is 11.8. The molecule has 2 unspecified atom stereocenters. The van der Waals surface area contributed by atoms with Crippen molar-refractivity contribution in [2.24, 2.45) is 0 Å². The van der Waals surface area contributed by atoms with Gasteiger partial charge in [0.15, 0.2) is 0 Å². The van der Waals surface area contributed by atoms with Gasteiger partial charge in [-0.05, 0) is 24.7 Å². The second kappa shape index (κ2) is 5.43. The molecule has 1 N–H and O–H groups in total. The van der Waals surface area contributed by atoms with Crippen LogP contribution in [0.5, 0.6) is 0 Å². The lowest BCUT2D eigenvalue weighted by molar-refractivity contribution is 0.0962. The van der Waals surface area contributed by atoms with Crippen LogP contribution in [-0.2, 0) is 11.2 Å². The largest absolute Gasteiger partial charge is 0.609 e. The number of carbonyl (C=O) groups excluding carboxylic acids is 1. The fourth-order valence-corrected chi connectivity index (χ4v) is 3.16. The van der Waals surface area contributed by atoms with Gasteiger partial charge in [0.2, 0.25) is 5.01 Å². The third-order valence-electron chi connectivity index (χ3n) is 1.94. The van der Waals surface area contributed by atoms with Gasteiger partial charge in [0, 0.05) is 18.2 Å². The molecular weight excluding hydrogens is 234 g/mol. The topological polar surface area (TPSA) is 77.9 Å². The normalized spacial score (nSPS) is 14.7. The van der Waals surface area contributed by atoms with Gasteiger partial charge in [-0.2, -0.15) is 0 Å². The molecule has 1 amide bonds. The number of amides is 1. The van der Waals surface area contributed by atoms with Gasteiger partial charge < -0.3 is 9.87 Å². The maximum Gasteiger partial charge on any atom is 0.322 e. The first-order chi connectivity index (χ1) is 7.10. The molecule has 7 heteroatoms. The number of hydrogen-bond donors (Lipinski definition) is 1. The van der Waals surface area contributed by atoms with Gasteiger partial charge in [0.25, 0.3) is 5.91 Å². The molecular formula is C8H13N3O2S2. The van der Waals surface area contributed by atoms with Crippen LogP contribution in [0.3, 0.4) is 0 Å². The molecule has 1 rings (SSSR count). The van der Waals surface area contributed by atoms with Gasteiger partial charge in [0.05, 0.1) is 0 Å². The Bertz CT molecular complexity index is 342. The van der Waals surface area contributed by atoms with E-state index in [4.69, 9.17) is 0 Å². The van der Waals surface area contributed by atoms with E-state index >= 15 is 0 Å². The van der Waals surface area contributed by atoms with Gasteiger partial charge in [-0.3, -0.25) is 4.79 Å². The molecule has 84 valence electrons. The van der Waals surface area contributed by atoms with Gasteiger partial charge in [-0.15, -0.1) is 5.10 Å². The molecule has 0 aliphatic heterocycles. The fraction of sp³-hybridized carbons (Fsp3) is 0.625. The van der Waals surface area contributed by atoms with Gasteiger partial charge in [-0.25, -0.2) is 0 Å². The Kier molecular flexibility index (Phi) is 4.49. The lowest BCUT2D eigenvalue weighted by Gasteiger charge is -2.11. The molecule has 1 aromatic rings. The Morgan fingerprint density at radius 2 is 2.33 bits per heavy atom. The molecule has 0 aromatic carbocycles. The summed E-state index contributed by atoms with van der Waals surface area (Å²) in [4.78, 5) is 11.2. The van der Waals surface area contributed by atoms with E-state index in [1.165, 1.54) is 7.05 Å². The zero-order valence-corrected chi connectivity index (χ0v) is 10.4. The molecule has 0 saturated carbocycles. The molecule has 0 bridgehead atoms. The van der Waals surface area contributed by atoms with E-state index in [9.17, 15) is 9.35 Å². The van der Waals surface area contributed by atoms with E-state index in [1.54, 1.807) is 0 Å². The van der Waals surface area contributed by atoms with Crippen molar-refractivity contribution in [1.29, 1.82) is 0 Å². The zero-order chi connectivity index (χ0) is 11.4. The molecule has 0 aliphatic rings. The highest BCUT2D eigenvalue weighted by molar-refractivity contribution is 7.93. The number of carbonyl (C=O) groups is 1. The number of nitrogens with zero attached hydrogens (tertiary/aromatic N) is 2. The van der Waals surface area contributed by atoms with Crippen LogP contribution in [-0.4, -0.2) is 33.0 Å². The molecule has 0 aliphatic carbocycles. The highest BCUT2D eigenvalue weighted by Gasteiger charge is 2.24. The van der Waals surface area contributed by atoms with Crippen molar-refractivity contribution < 1.29 is 9.35 Å². The highest BCUT2D eigenvalue weighted by Crippen LogP contribution is 2.21.